The average molecular weight is 541 g/mol. The van der Waals surface area contributed by atoms with Crippen LogP contribution >= 0.6 is 34.4 Å². The lowest BCUT2D eigenvalue weighted by atomic mass is 9.80. The van der Waals surface area contributed by atoms with Crippen molar-refractivity contribution in [1.29, 1.82) is 0 Å². The minimum absolute atomic E-state index is 0.230. The maximum atomic E-state index is 12.5. The van der Waals surface area contributed by atoms with Crippen molar-refractivity contribution in [3.63, 3.8) is 0 Å². The fourth-order valence-corrected chi connectivity index (χ4v) is 4.62. The van der Waals surface area contributed by atoms with Crippen molar-refractivity contribution in [2.75, 3.05) is 32.2 Å². The van der Waals surface area contributed by atoms with Crippen LogP contribution in [0.3, 0.4) is 0 Å². The summed E-state index contributed by atoms with van der Waals surface area (Å²) in [6.07, 6.45) is 0.324. The van der Waals surface area contributed by atoms with Gasteiger partial charge in [-0.3, -0.25) is 4.79 Å². The van der Waals surface area contributed by atoms with Crippen molar-refractivity contribution in [3.05, 3.63) is 69.3 Å². The Kier molecular flexibility index (Phi) is 9.97. The van der Waals surface area contributed by atoms with Crippen LogP contribution in [0, 0.1) is 3.57 Å². The lowest BCUT2D eigenvalue weighted by molar-refractivity contribution is -0.147. The number of halogens is 1. The normalized spacial score (nSPS) is 12.7. The Morgan fingerprint density at radius 3 is 2.50 bits per heavy atom. The van der Waals surface area contributed by atoms with Crippen LogP contribution < -0.4 is 0 Å². The molecule has 0 spiro atoms. The van der Waals surface area contributed by atoms with E-state index in [0.717, 1.165) is 26.2 Å². The molecule has 2 aromatic rings. The van der Waals surface area contributed by atoms with Crippen molar-refractivity contribution in [2.24, 2.45) is 0 Å². The van der Waals surface area contributed by atoms with Gasteiger partial charge in [-0.05, 0) is 64.9 Å². The van der Waals surface area contributed by atoms with Crippen LogP contribution in [0.25, 0.3) is 0 Å². The molecule has 2 aromatic carbocycles. The predicted molar refractivity (Wildman–Crippen MR) is 130 cm³/mol. The molecular formula is C23H28INO4S. The third-order valence-electron chi connectivity index (χ3n) is 4.93. The Labute approximate surface area is 196 Å². The van der Waals surface area contributed by atoms with Gasteiger partial charge >= 0.3 is 12.1 Å². The number of esters is 1. The summed E-state index contributed by atoms with van der Waals surface area (Å²) >= 11 is 3.96. The zero-order valence-corrected chi connectivity index (χ0v) is 20.6. The molecule has 2 rings (SSSR count). The first-order valence-corrected chi connectivity index (χ1v) is 11.9. The largest absolute Gasteiger partial charge is 0.468 e. The number of ether oxygens (including phenoxy) is 2. The van der Waals surface area contributed by atoms with Crippen LogP contribution in [-0.4, -0.2) is 49.2 Å². The summed E-state index contributed by atoms with van der Waals surface area (Å²) in [5.74, 6) is 1.32. The van der Waals surface area contributed by atoms with Crippen LogP contribution in [0.5, 0.6) is 0 Å². The summed E-state index contributed by atoms with van der Waals surface area (Å²) in [6.45, 7) is 2.78. The van der Waals surface area contributed by atoms with Crippen molar-refractivity contribution >= 4 is 46.4 Å². The molecule has 0 saturated heterocycles. The second-order valence-corrected chi connectivity index (χ2v) is 9.63. The number of benzene rings is 2. The van der Waals surface area contributed by atoms with Gasteiger partial charge in [0.2, 0.25) is 0 Å². The molecule has 5 nitrogen and oxygen atoms in total. The number of hydrogen-bond acceptors (Lipinski definition) is 5. The number of rotatable bonds is 10. The van der Waals surface area contributed by atoms with Gasteiger partial charge in [-0.25, -0.2) is 4.79 Å². The van der Waals surface area contributed by atoms with E-state index >= 15 is 0 Å². The molecule has 30 heavy (non-hydrogen) atoms. The molecule has 0 fully saturated rings. The highest BCUT2D eigenvalue weighted by Gasteiger charge is 2.36. The molecule has 1 amide bonds. The molecule has 0 N–H and O–H groups in total. The zero-order chi connectivity index (χ0) is 22.0. The fraction of sp³-hybridized carbons (Fsp3) is 0.391. The van der Waals surface area contributed by atoms with Crippen LogP contribution in [-0.2, 0) is 26.3 Å². The lowest BCUT2D eigenvalue weighted by Gasteiger charge is -2.27. The summed E-state index contributed by atoms with van der Waals surface area (Å²) in [5.41, 5.74) is 1.23. The number of amides is 1. The smallest absolute Gasteiger partial charge is 0.409 e. The molecule has 7 heteroatoms. The molecule has 0 aliphatic rings. The predicted octanol–water partition coefficient (Wildman–Crippen LogP) is 5.11. The van der Waals surface area contributed by atoms with Gasteiger partial charge in [0, 0.05) is 22.9 Å². The quantitative estimate of drug-likeness (QED) is 0.238. The van der Waals surface area contributed by atoms with Gasteiger partial charge in [-0.15, -0.1) is 0 Å². The number of methoxy groups -OCH3 is 1. The van der Waals surface area contributed by atoms with E-state index in [1.165, 1.54) is 7.11 Å². The molecule has 162 valence electrons. The van der Waals surface area contributed by atoms with Crippen molar-refractivity contribution in [1.82, 2.24) is 4.90 Å². The third kappa shape index (κ3) is 7.19. The molecule has 1 atom stereocenters. The molecule has 0 aliphatic carbocycles. The summed E-state index contributed by atoms with van der Waals surface area (Å²) in [4.78, 5) is 26.2. The minimum atomic E-state index is -0.691. The Hall–Kier alpha value is -1.74. The van der Waals surface area contributed by atoms with Gasteiger partial charge in [-0.2, -0.15) is 11.8 Å². The Balaban J connectivity index is 1.78. The number of nitrogens with zero attached hydrogens (tertiary/aromatic N) is 1. The molecule has 0 heterocycles. The number of carbonyl (C=O) groups is 2. The summed E-state index contributed by atoms with van der Waals surface area (Å²) in [5, 5.41) is 0. The van der Waals surface area contributed by atoms with Gasteiger partial charge < -0.3 is 14.4 Å². The van der Waals surface area contributed by atoms with Crippen LogP contribution in [0.1, 0.15) is 24.5 Å². The summed E-state index contributed by atoms with van der Waals surface area (Å²) < 4.78 is 11.5. The van der Waals surface area contributed by atoms with Gasteiger partial charge in [0.05, 0.1) is 12.5 Å². The number of carbonyl (C=O) groups excluding carboxylic acids is 2. The van der Waals surface area contributed by atoms with Crippen LogP contribution in [0.4, 0.5) is 4.79 Å². The van der Waals surface area contributed by atoms with E-state index in [4.69, 9.17) is 9.47 Å². The van der Waals surface area contributed by atoms with Crippen LogP contribution in [0.2, 0.25) is 0 Å². The molecular weight excluding hydrogens is 513 g/mol. The fourth-order valence-electron chi connectivity index (χ4n) is 2.92. The zero-order valence-electron chi connectivity index (χ0n) is 17.6. The first kappa shape index (κ1) is 24.5. The van der Waals surface area contributed by atoms with E-state index in [0.29, 0.717) is 13.0 Å². The standard InChI is InChI=1S/C23H28INO4S/c1-23(21(26)28-3,19-10-7-11-20(24)16-19)12-14-30-15-13-25(2)22(27)29-17-18-8-5-4-6-9-18/h4-11,16H,12-15,17H2,1-3H3. The highest BCUT2D eigenvalue weighted by atomic mass is 127. The Bertz CT molecular complexity index is 833. The highest BCUT2D eigenvalue weighted by molar-refractivity contribution is 14.1. The minimum Gasteiger partial charge on any atom is -0.468 e. The van der Waals surface area contributed by atoms with E-state index in [1.54, 1.807) is 23.7 Å². The molecule has 1 unspecified atom stereocenters. The first-order valence-electron chi connectivity index (χ1n) is 9.71. The van der Waals surface area contributed by atoms with Crippen molar-refractivity contribution < 1.29 is 19.1 Å². The molecule has 0 saturated carbocycles. The van der Waals surface area contributed by atoms with E-state index < -0.39 is 5.41 Å². The highest BCUT2D eigenvalue weighted by Crippen LogP contribution is 2.31. The second-order valence-electron chi connectivity index (χ2n) is 7.16. The monoisotopic (exact) mass is 541 g/mol. The van der Waals surface area contributed by atoms with E-state index in [-0.39, 0.29) is 18.7 Å². The number of hydrogen-bond donors (Lipinski definition) is 0. The maximum absolute atomic E-state index is 12.5. The summed E-state index contributed by atoms with van der Waals surface area (Å²) in [7, 11) is 3.16. The molecule has 0 aromatic heterocycles. The van der Waals surface area contributed by atoms with Gasteiger partial charge in [0.1, 0.15) is 6.61 Å². The Morgan fingerprint density at radius 2 is 1.83 bits per heavy atom. The molecule has 0 radical (unpaired) electrons. The topological polar surface area (TPSA) is 55.8 Å². The van der Waals surface area contributed by atoms with E-state index in [2.05, 4.69) is 22.6 Å². The molecule has 0 aliphatic heterocycles. The SMILES string of the molecule is COC(=O)C(C)(CCSCCN(C)C(=O)OCc1ccccc1)c1cccc(I)c1. The lowest BCUT2D eigenvalue weighted by Crippen LogP contribution is -2.34. The maximum Gasteiger partial charge on any atom is 0.409 e. The molecule has 0 bridgehead atoms. The van der Waals surface area contributed by atoms with Gasteiger partial charge in [-0.1, -0.05) is 42.5 Å². The van der Waals surface area contributed by atoms with E-state index in [1.807, 2.05) is 61.5 Å². The third-order valence-corrected chi connectivity index (χ3v) is 6.57. The first-order chi connectivity index (χ1) is 14.4. The van der Waals surface area contributed by atoms with Gasteiger partial charge in [0.25, 0.3) is 0 Å². The van der Waals surface area contributed by atoms with E-state index in [9.17, 15) is 9.59 Å². The number of thioether (sulfide) groups is 1. The van der Waals surface area contributed by atoms with Crippen LogP contribution in [0.15, 0.2) is 54.6 Å². The second kappa shape index (κ2) is 12.2. The average Bonchev–Trinajstić information content (AvgIpc) is 2.76. The Morgan fingerprint density at radius 1 is 1.10 bits per heavy atom. The van der Waals surface area contributed by atoms with Gasteiger partial charge in [0.15, 0.2) is 0 Å². The summed E-state index contributed by atoms with van der Waals surface area (Å²) in [6, 6.07) is 17.6. The van der Waals surface area contributed by atoms with Crippen molar-refractivity contribution in [3.8, 4) is 0 Å². The van der Waals surface area contributed by atoms with Crippen molar-refractivity contribution in [2.45, 2.75) is 25.4 Å².